The molecule has 82 valence electrons. The number of ether oxygens (including phenoxy) is 2. The van der Waals surface area contributed by atoms with E-state index in [4.69, 9.17) is 4.74 Å². The molecule has 1 aromatic carbocycles. The van der Waals surface area contributed by atoms with Crippen LogP contribution in [-0.2, 0) is 0 Å². The summed E-state index contributed by atoms with van der Waals surface area (Å²) in [7, 11) is 1.23. The predicted octanol–water partition coefficient (Wildman–Crippen LogP) is 2.76. The Hall–Kier alpha value is -1.32. The van der Waals surface area contributed by atoms with Gasteiger partial charge in [-0.15, -0.1) is 0 Å². The minimum Gasteiger partial charge on any atom is -0.493 e. The van der Waals surface area contributed by atoms with Gasteiger partial charge in [-0.25, -0.2) is 8.78 Å². The minimum atomic E-state index is -0.733. The molecule has 4 heteroatoms. The number of benzene rings is 1. The van der Waals surface area contributed by atoms with Crippen LogP contribution in [0.15, 0.2) is 12.1 Å². The first kappa shape index (κ1) is 10.2. The summed E-state index contributed by atoms with van der Waals surface area (Å²) in [6, 6.07) is 2.29. The van der Waals surface area contributed by atoms with Gasteiger partial charge in [-0.2, -0.15) is 0 Å². The third-order valence-electron chi connectivity index (χ3n) is 2.36. The number of hydrogen-bond acceptors (Lipinski definition) is 2. The van der Waals surface area contributed by atoms with Crippen molar-refractivity contribution < 1.29 is 18.3 Å². The molecule has 0 N–H and O–H groups in total. The van der Waals surface area contributed by atoms with Crippen LogP contribution in [0.25, 0.3) is 0 Å². The molecule has 0 aromatic heterocycles. The molecule has 0 unspecified atom stereocenters. The van der Waals surface area contributed by atoms with Gasteiger partial charge in [0.2, 0.25) is 0 Å². The van der Waals surface area contributed by atoms with Crippen LogP contribution in [0.3, 0.4) is 0 Å². The van der Waals surface area contributed by atoms with Crippen LogP contribution in [-0.4, -0.2) is 13.7 Å². The second kappa shape index (κ2) is 4.04. The highest BCUT2D eigenvalue weighted by molar-refractivity contribution is 5.34. The maximum Gasteiger partial charge on any atom is 0.190 e. The van der Waals surface area contributed by atoms with Crippen LogP contribution in [0.2, 0.25) is 0 Å². The SMILES string of the molecule is COc1c(F)cc(OCC2CC2)cc1F. The van der Waals surface area contributed by atoms with E-state index >= 15 is 0 Å². The highest BCUT2D eigenvalue weighted by atomic mass is 19.1. The van der Waals surface area contributed by atoms with Gasteiger partial charge >= 0.3 is 0 Å². The van der Waals surface area contributed by atoms with E-state index in [1.807, 2.05) is 0 Å². The molecule has 0 bridgehead atoms. The van der Waals surface area contributed by atoms with Crippen molar-refractivity contribution >= 4 is 0 Å². The van der Waals surface area contributed by atoms with Crippen molar-refractivity contribution in [1.29, 1.82) is 0 Å². The average Bonchev–Trinajstić information content (AvgIpc) is 2.97. The van der Waals surface area contributed by atoms with Crippen LogP contribution in [0.5, 0.6) is 11.5 Å². The Morgan fingerprint density at radius 3 is 2.33 bits per heavy atom. The van der Waals surface area contributed by atoms with Gasteiger partial charge in [0.15, 0.2) is 17.4 Å². The first-order valence-electron chi connectivity index (χ1n) is 4.86. The zero-order chi connectivity index (χ0) is 10.8. The van der Waals surface area contributed by atoms with Crippen molar-refractivity contribution in [3.05, 3.63) is 23.8 Å². The summed E-state index contributed by atoms with van der Waals surface area (Å²) in [6.45, 7) is 0.533. The summed E-state index contributed by atoms with van der Waals surface area (Å²) >= 11 is 0. The summed E-state index contributed by atoms with van der Waals surface area (Å²) in [5.74, 6) is -1.06. The molecule has 2 nitrogen and oxygen atoms in total. The van der Waals surface area contributed by atoms with E-state index in [-0.39, 0.29) is 11.5 Å². The summed E-state index contributed by atoms with van der Waals surface area (Å²) in [4.78, 5) is 0. The molecule has 0 heterocycles. The molecule has 1 aliphatic rings. The fourth-order valence-electron chi connectivity index (χ4n) is 1.31. The Labute approximate surface area is 86.8 Å². The summed E-state index contributed by atoms with van der Waals surface area (Å²) < 4.78 is 36.2. The smallest absolute Gasteiger partial charge is 0.190 e. The molecular formula is C11H12F2O2. The molecule has 0 radical (unpaired) electrons. The number of methoxy groups -OCH3 is 1. The largest absolute Gasteiger partial charge is 0.493 e. The molecule has 0 amide bonds. The first-order valence-corrected chi connectivity index (χ1v) is 4.86. The van der Waals surface area contributed by atoms with Crippen molar-refractivity contribution in [2.45, 2.75) is 12.8 Å². The van der Waals surface area contributed by atoms with Gasteiger partial charge in [0, 0.05) is 12.1 Å². The zero-order valence-electron chi connectivity index (χ0n) is 8.43. The Morgan fingerprint density at radius 2 is 1.87 bits per heavy atom. The normalized spacial score (nSPS) is 15.1. The fraction of sp³-hybridized carbons (Fsp3) is 0.455. The van der Waals surface area contributed by atoms with Gasteiger partial charge in [0.25, 0.3) is 0 Å². The average molecular weight is 214 g/mol. The van der Waals surface area contributed by atoms with Crippen molar-refractivity contribution in [2.24, 2.45) is 5.92 Å². The van der Waals surface area contributed by atoms with E-state index in [2.05, 4.69) is 4.74 Å². The summed E-state index contributed by atoms with van der Waals surface area (Å²) in [5, 5.41) is 0. The van der Waals surface area contributed by atoms with Gasteiger partial charge in [-0.1, -0.05) is 0 Å². The maximum absolute atomic E-state index is 13.2. The van der Waals surface area contributed by atoms with E-state index in [1.54, 1.807) is 0 Å². The van der Waals surface area contributed by atoms with Crippen molar-refractivity contribution in [3.8, 4) is 11.5 Å². The molecule has 0 atom stereocenters. The van der Waals surface area contributed by atoms with E-state index in [0.29, 0.717) is 12.5 Å². The van der Waals surface area contributed by atoms with Crippen LogP contribution in [0.1, 0.15) is 12.8 Å². The molecule has 15 heavy (non-hydrogen) atoms. The predicted molar refractivity (Wildman–Crippen MR) is 51.1 cm³/mol. The fourth-order valence-corrected chi connectivity index (χ4v) is 1.31. The highest BCUT2D eigenvalue weighted by Crippen LogP contribution is 2.31. The lowest BCUT2D eigenvalue weighted by Gasteiger charge is -2.08. The van der Waals surface area contributed by atoms with Gasteiger partial charge < -0.3 is 9.47 Å². The maximum atomic E-state index is 13.2. The monoisotopic (exact) mass is 214 g/mol. The Bertz CT molecular complexity index is 339. The quantitative estimate of drug-likeness (QED) is 0.767. The van der Waals surface area contributed by atoms with Crippen LogP contribution >= 0.6 is 0 Å². The highest BCUT2D eigenvalue weighted by Gasteiger charge is 2.22. The van der Waals surface area contributed by atoms with Crippen LogP contribution in [0, 0.1) is 17.6 Å². The molecule has 0 spiro atoms. The Morgan fingerprint density at radius 1 is 1.27 bits per heavy atom. The van der Waals surface area contributed by atoms with E-state index in [0.717, 1.165) is 25.0 Å². The lowest BCUT2D eigenvalue weighted by atomic mass is 10.3. The molecule has 1 aromatic rings. The van der Waals surface area contributed by atoms with Crippen LogP contribution in [0.4, 0.5) is 8.78 Å². The second-order valence-corrected chi connectivity index (χ2v) is 3.67. The lowest BCUT2D eigenvalue weighted by molar-refractivity contribution is 0.292. The molecule has 1 fully saturated rings. The number of rotatable bonds is 4. The van der Waals surface area contributed by atoms with Crippen LogP contribution < -0.4 is 9.47 Å². The summed E-state index contributed by atoms with van der Waals surface area (Å²) in [6.07, 6.45) is 2.28. The molecular weight excluding hydrogens is 202 g/mol. The standard InChI is InChI=1S/C11H12F2O2/c1-14-11-9(12)4-8(5-10(11)13)15-6-7-2-3-7/h4-5,7H,2-3,6H2,1H3. The Kier molecular flexibility index (Phi) is 2.75. The number of hydrogen-bond donors (Lipinski definition) is 0. The topological polar surface area (TPSA) is 18.5 Å². The lowest BCUT2D eigenvalue weighted by Crippen LogP contribution is -2.01. The molecule has 1 saturated carbocycles. The summed E-state index contributed by atoms with van der Waals surface area (Å²) in [5.41, 5.74) is 0. The molecule has 0 saturated heterocycles. The zero-order valence-corrected chi connectivity index (χ0v) is 8.43. The molecule has 2 rings (SSSR count). The van der Waals surface area contributed by atoms with Gasteiger partial charge in [0.05, 0.1) is 13.7 Å². The molecule has 0 aliphatic heterocycles. The second-order valence-electron chi connectivity index (χ2n) is 3.67. The molecule has 1 aliphatic carbocycles. The first-order chi connectivity index (χ1) is 7.20. The van der Waals surface area contributed by atoms with Gasteiger partial charge in [-0.05, 0) is 18.8 Å². The van der Waals surface area contributed by atoms with E-state index < -0.39 is 11.6 Å². The van der Waals surface area contributed by atoms with E-state index in [1.165, 1.54) is 7.11 Å². The number of halogens is 2. The van der Waals surface area contributed by atoms with E-state index in [9.17, 15) is 8.78 Å². The van der Waals surface area contributed by atoms with Crippen molar-refractivity contribution in [1.82, 2.24) is 0 Å². The Balaban J connectivity index is 2.10. The third kappa shape index (κ3) is 2.37. The van der Waals surface area contributed by atoms with Crippen molar-refractivity contribution in [2.75, 3.05) is 13.7 Å². The van der Waals surface area contributed by atoms with Gasteiger partial charge in [-0.3, -0.25) is 0 Å². The van der Waals surface area contributed by atoms with Gasteiger partial charge in [0.1, 0.15) is 5.75 Å². The minimum absolute atomic E-state index is 0.220. The van der Waals surface area contributed by atoms with Crippen molar-refractivity contribution in [3.63, 3.8) is 0 Å². The third-order valence-corrected chi connectivity index (χ3v) is 2.36.